The molecule has 3 aliphatic heterocycles. The summed E-state index contributed by atoms with van der Waals surface area (Å²) in [5.74, 6) is 0.573. The maximum atomic E-state index is 13.9. The summed E-state index contributed by atoms with van der Waals surface area (Å²) in [6.07, 6.45) is 8.46. The van der Waals surface area contributed by atoms with Crippen LogP contribution in [0.4, 0.5) is 0 Å². The van der Waals surface area contributed by atoms with Crippen LogP contribution in [-0.2, 0) is 11.2 Å². The van der Waals surface area contributed by atoms with Crippen LogP contribution in [0.5, 0.6) is 0 Å². The molecule has 0 radical (unpaired) electrons. The van der Waals surface area contributed by atoms with E-state index in [2.05, 4.69) is 53.2 Å². The number of benzene rings is 2. The molecule has 2 saturated heterocycles. The van der Waals surface area contributed by atoms with Crippen LogP contribution in [0.15, 0.2) is 48.5 Å². The van der Waals surface area contributed by atoms with Crippen LogP contribution in [0.25, 0.3) is 0 Å². The Hall–Kier alpha value is -2.66. The minimum atomic E-state index is 0.0251. The van der Waals surface area contributed by atoms with Crippen molar-refractivity contribution in [2.75, 3.05) is 19.6 Å². The highest BCUT2D eigenvalue weighted by atomic mass is 16.2. The fourth-order valence-electron chi connectivity index (χ4n) is 6.57. The van der Waals surface area contributed by atoms with Gasteiger partial charge in [0.2, 0.25) is 5.91 Å². The van der Waals surface area contributed by atoms with E-state index in [1.807, 2.05) is 24.3 Å². The van der Waals surface area contributed by atoms with Gasteiger partial charge in [-0.2, -0.15) is 0 Å². The zero-order valence-electron chi connectivity index (χ0n) is 21.9. The SMILES string of the molecule is CCCCCCN(C(=O)c1ccc2c(c1)CCN1C(=O)[C@H]3CCCN[C@H]3C[C@@H]21)[C@H](C)c1ccccc1. The molecule has 0 spiro atoms. The number of carbonyl (C=O) groups is 2. The Labute approximate surface area is 216 Å². The molecule has 2 fully saturated rings. The molecule has 2 aromatic rings. The summed E-state index contributed by atoms with van der Waals surface area (Å²) in [5.41, 5.74) is 4.42. The highest BCUT2D eigenvalue weighted by Crippen LogP contribution is 2.41. The molecular weight excluding hydrogens is 446 g/mol. The van der Waals surface area contributed by atoms with Crippen molar-refractivity contribution in [2.24, 2.45) is 5.92 Å². The van der Waals surface area contributed by atoms with Gasteiger partial charge < -0.3 is 15.1 Å². The van der Waals surface area contributed by atoms with Crippen LogP contribution in [0.3, 0.4) is 0 Å². The molecule has 4 atom stereocenters. The van der Waals surface area contributed by atoms with Gasteiger partial charge in [0.15, 0.2) is 0 Å². The lowest BCUT2D eigenvalue weighted by molar-refractivity contribution is -0.145. The normalized spacial score (nSPS) is 23.9. The predicted octanol–water partition coefficient (Wildman–Crippen LogP) is 5.67. The minimum Gasteiger partial charge on any atom is -0.335 e. The molecule has 5 rings (SSSR count). The largest absolute Gasteiger partial charge is 0.335 e. The van der Waals surface area contributed by atoms with Crippen molar-refractivity contribution < 1.29 is 9.59 Å². The lowest BCUT2D eigenvalue weighted by Crippen LogP contribution is -2.57. The predicted molar refractivity (Wildman–Crippen MR) is 144 cm³/mol. The lowest BCUT2D eigenvalue weighted by Gasteiger charge is -2.48. The molecule has 0 saturated carbocycles. The quantitative estimate of drug-likeness (QED) is 0.488. The fraction of sp³-hybridized carbons (Fsp3) is 0.548. The van der Waals surface area contributed by atoms with E-state index in [1.165, 1.54) is 29.5 Å². The number of nitrogens with zero attached hydrogens (tertiary/aromatic N) is 2. The molecular formula is C31H41N3O2. The second-order valence-electron chi connectivity index (χ2n) is 10.9. The monoisotopic (exact) mass is 487 g/mol. The van der Waals surface area contributed by atoms with Crippen molar-refractivity contribution in [1.29, 1.82) is 0 Å². The van der Waals surface area contributed by atoms with Gasteiger partial charge in [0, 0.05) is 24.7 Å². The van der Waals surface area contributed by atoms with E-state index in [0.29, 0.717) is 5.91 Å². The fourth-order valence-corrected chi connectivity index (χ4v) is 6.57. The molecule has 2 amide bonds. The van der Waals surface area contributed by atoms with Gasteiger partial charge >= 0.3 is 0 Å². The maximum absolute atomic E-state index is 13.9. The van der Waals surface area contributed by atoms with Gasteiger partial charge in [0.25, 0.3) is 5.91 Å². The Morgan fingerprint density at radius 1 is 1.14 bits per heavy atom. The third kappa shape index (κ3) is 4.95. The van der Waals surface area contributed by atoms with E-state index in [9.17, 15) is 9.59 Å². The molecule has 36 heavy (non-hydrogen) atoms. The first-order valence-corrected chi connectivity index (χ1v) is 14.1. The Morgan fingerprint density at radius 2 is 1.97 bits per heavy atom. The summed E-state index contributed by atoms with van der Waals surface area (Å²) < 4.78 is 0. The van der Waals surface area contributed by atoms with Gasteiger partial charge in [-0.25, -0.2) is 0 Å². The molecule has 0 unspecified atom stereocenters. The van der Waals surface area contributed by atoms with Crippen molar-refractivity contribution in [1.82, 2.24) is 15.1 Å². The van der Waals surface area contributed by atoms with E-state index in [-0.39, 0.29) is 30.0 Å². The zero-order valence-corrected chi connectivity index (χ0v) is 21.9. The number of unbranched alkanes of at least 4 members (excludes halogenated alkanes) is 3. The van der Waals surface area contributed by atoms with Crippen LogP contribution in [0.2, 0.25) is 0 Å². The van der Waals surface area contributed by atoms with E-state index in [1.54, 1.807) is 0 Å². The van der Waals surface area contributed by atoms with Crippen molar-refractivity contribution in [3.63, 3.8) is 0 Å². The summed E-state index contributed by atoms with van der Waals surface area (Å²) in [6, 6.07) is 17.1. The Balaban J connectivity index is 1.38. The van der Waals surface area contributed by atoms with Gasteiger partial charge in [0.1, 0.15) is 0 Å². The summed E-state index contributed by atoms with van der Waals surface area (Å²) >= 11 is 0. The third-order valence-corrected chi connectivity index (χ3v) is 8.67. The van der Waals surface area contributed by atoms with Gasteiger partial charge in [-0.05, 0) is 74.4 Å². The molecule has 3 aliphatic rings. The van der Waals surface area contributed by atoms with Crippen molar-refractivity contribution in [3.8, 4) is 0 Å². The van der Waals surface area contributed by atoms with Crippen LogP contribution >= 0.6 is 0 Å². The summed E-state index contributed by atoms with van der Waals surface area (Å²) in [6.45, 7) is 6.90. The number of carbonyl (C=O) groups excluding carboxylic acids is 2. The van der Waals surface area contributed by atoms with E-state index in [0.717, 1.165) is 63.7 Å². The first kappa shape index (κ1) is 25.0. The highest BCUT2D eigenvalue weighted by Gasteiger charge is 2.45. The molecule has 0 aromatic heterocycles. The first-order valence-electron chi connectivity index (χ1n) is 14.1. The minimum absolute atomic E-state index is 0.0251. The summed E-state index contributed by atoms with van der Waals surface area (Å²) in [5, 5.41) is 3.61. The number of fused-ring (bicyclic) bond motifs is 4. The zero-order chi connectivity index (χ0) is 25.1. The molecule has 3 heterocycles. The van der Waals surface area contributed by atoms with Crippen LogP contribution in [0.1, 0.15) is 97.9 Å². The van der Waals surface area contributed by atoms with Crippen LogP contribution in [0, 0.1) is 5.92 Å². The van der Waals surface area contributed by atoms with Crippen LogP contribution < -0.4 is 5.32 Å². The van der Waals surface area contributed by atoms with E-state index in [4.69, 9.17) is 0 Å². The van der Waals surface area contributed by atoms with Crippen molar-refractivity contribution >= 4 is 11.8 Å². The Bertz CT molecular complexity index is 1070. The molecule has 0 aliphatic carbocycles. The van der Waals surface area contributed by atoms with Gasteiger partial charge in [0.05, 0.1) is 18.0 Å². The molecule has 1 N–H and O–H groups in total. The van der Waals surface area contributed by atoms with Gasteiger partial charge in [-0.3, -0.25) is 9.59 Å². The van der Waals surface area contributed by atoms with Gasteiger partial charge in [-0.1, -0.05) is 62.6 Å². The second-order valence-corrected chi connectivity index (χ2v) is 10.9. The standard InChI is InChI=1S/C31H41N3O2/c1-3-4-5-9-18-33(22(2)23-11-7-6-8-12-23)30(35)25-14-15-26-24(20-25)16-19-34-29(26)21-28-27(31(34)36)13-10-17-32-28/h6-8,11-12,14-15,20,22,27-29,32H,3-5,9-10,13,16-19,21H2,1-2H3/t22-,27+,28+,29+/m1/s1. The number of nitrogens with one attached hydrogen (secondary N) is 1. The number of amides is 2. The summed E-state index contributed by atoms with van der Waals surface area (Å²) in [4.78, 5) is 31.3. The topological polar surface area (TPSA) is 52.7 Å². The highest BCUT2D eigenvalue weighted by molar-refractivity contribution is 5.95. The van der Waals surface area contributed by atoms with Gasteiger partial charge in [-0.15, -0.1) is 0 Å². The number of hydrogen-bond acceptors (Lipinski definition) is 3. The van der Waals surface area contributed by atoms with Crippen LogP contribution in [-0.4, -0.2) is 47.3 Å². The molecule has 5 heteroatoms. The average Bonchev–Trinajstić information content (AvgIpc) is 2.92. The summed E-state index contributed by atoms with van der Waals surface area (Å²) in [7, 11) is 0. The average molecular weight is 488 g/mol. The molecule has 192 valence electrons. The maximum Gasteiger partial charge on any atom is 0.254 e. The lowest BCUT2D eigenvalue weighted by atomic mass is 9.77. The third-order valence-electron chi connectivity index (χ3n) is 8.67. The second kappa shape index (κ2) is 11.2. The van der Waals surface area contributed by atoms with E-state index < -0.39 is 0 Å². The smallest absolute Gasteiger partial charge is 0.254 e. The number of piperidine rings is 2. The molecule has 0 bridgehead atoms. The first-order chi connectivity index (χ1) is 17.6. The molecule has 2 aromatic carbocycles. The number of rotatable bonds is 8. The molecule has 5 nitrogen and oxygen atoms in total. The number of hydrogen-bond donors (Lipinski definition) is 1. The Kier molecular flexibility index (Phi) is 7.76. The van der Waals surface area contributed by atoms with Crippen molar-refractivity contribution in [3.05, 3.63) is 70.8 Å². The van der Waals surface area contributed by atoms with E-state index >= 15 is 0 Å². The van der Waals surface area contributed by atoms with Crippen molar-refractivity contribution in [2.45, 2.75) is 83.3 Å². The Morgan fingerprint density at radius 3 is 2.78 bits per heavy atom.